The lowest BCUT2D eigenvalue weighted by molar-refractivity contribution is 0.112. The Morgan fingerprint density at radius 1 is 1.60 bits per heavy atom. The van der Waals surface area contributed by atoms with E-state index in [-0.39, 0.29) is 0 Å². The van der Waals surface area contributed by atoms with Crippen LogP contribution in [0.3, 0.4) is 0 Å². The molecule has 0 aliphatic heterocycles. The van der Waals surface area contributed by atoms with Crippen molar-refractivity contribution in [1.82, 2.24) is 0 Å². The Morgan fingerprint density at radius 3 is 2.87 bits per heavy atom. The number of carbonyl (C=O) groups excluding carboxylic acids is 1. The lowest BCUT2D eigenvalue weighted by Crippen LogP contribution is -2.23. The molecule has 0 heterocycles. The van der Waals surface area contributed by atoms with Crippen molar-refractivity contribution in [2.45, 2.75) is 6.92 Å². The first-order chi connectivity index (χ1) is 7.22. The van der Waals surface area contributed by atoms with Gasteiger partial charge in [-0.25, -0.2) is 0 Å². The third-order valence-corrected chi connectivity index (χ3v) is 2.61. The highest BCUT2D eigenvalue weighted by Crippen LogP contribution is 2.22. The van der Waals surface area contributed by atoms with E-state index in [0.717, 1.165) is 23.0 Å². The van der Waals surface area contributed by atoms with Gasteiger partial charge in [0.15, 0.2) is 6.29 Å². The summed E-state index contributed by atoms with van der Waals surface area (Å²) in [6.07, 6.45) is 6.12. The SMILES string of the molecule is C#CCN(CC)c1ccc(Br)cc1C=O. The smallest absolute Gasteiger partial charge is 0.152 e. The van der Waals surface area contributed by atoms with Crippen molar-refractivity contribution in [3.63, 3.8) is 0 Å². The van der Waals surface area contributed by atoms with Crippen molar-refractivity contribution >= 4 is 27.9 Å². The average Bonchev–Trinajstić information content (AvgIpc) is 2.26. The number of hydrogen-bond donors (Lipinski definition) is 0. The van der Waals surface area contributed by atoms with Crippen LogP contribution in [0.25, 0.3) is 0 Å². The van der Waals surface area contributed by atoms with E-state index in [2.05, 4.69) is 21.9 Å². The maximum absolute atomic E-state index is 10.9. The number of rotatable bonds is 4. The van der Waals surface area contributed by atoms with Gasteiger partial charge in [-0.2, -0.15) is 0 Å². The predicted molar refractivity (Wildman–Crippen MR) is 66.2 cm³/mol. The second kappa shape index (κ2) is 5.57. The molecule has 2 nitrogen and oxygen atoms in total. The van der Waals surface area contributed by atoms with Gasteiger partial charge >= 0.3 is 0 Å². The van der Waals surface area contributed by atoms with Gasteiger partial charge in [0, 0.05) is 22.3 Å². The van der Waals surface area contributed by atoms with Crippen molar-refractivity contribution in [2.24, 2.45) is 0 Å². The quantitative estimate of drug-likeness (QED) is 0.617. The van der Waals surface area contributed by atoms with E-state index in [1.807, 2.05) is 24.0 Å². The third-order valence-electron chi connectivity index (χ3n) is 2.12. The van der Waals surface area contributed by atoms with Crippen molar-refractivity contribution < 1.29 is 4.79 Å². The molecule has 0 saturated heterocycles. The molecule has 0 atom stereocenters. The van der Waals surface area contributed by atoms with E-state index >= 15 is 0 Å². The summed E-state index contributed by atoms with van der Waals surface area (Å²) in [6, 6.07) is 5.59. The van der Waals surface area contributed by atoms with E-state index < -0.39 is 0 Å². The Morgan fingerprint density at radius 2 is 2.33 bits per heavy atom. The molecular weight excluding hydrogens is 254 g/mol. The number of hydrogen-bond acceptors (Lipinski definition) is 2. The summed E-state index contributed by atoms with van der Waals surface area (Å²) < 4.78 is 0.894. The number of carbonyl (C=O) groups is 1. The van der Waals surface area contributed by atoms with Gasteiger partial charge in [0.2, 0.25) is 0 Å². The first kappa shape index (κ1) is 11.8. The van der Waals surface area contributed by atoms with Crippen molar-refractivity contribution in [1.29, 1.82) is 0 Å². The van der Waals surface area contributed by atoms with Crippen LogP contribution in [0, 0.1) is 12.3 Å². The van der Waals surface area contributed by atoms with Crippen LogP contribution in [0.5, 0.6) is 0 Å². The topological polar surface area (TPSA) is 20.3 Å². The fourth-order valence-electron chi connectivity index (χ4n) is 1.39. The highest BCUT2D eigenvalue weighted by atomic mass is 79.9. The van der Waals surface area contributed by atoms with Gasteiger partial charge < -0.3 is 4.90 Å². The molecule has 1 aromatic carbocycles. The Kier molecular flexibility index (Phi) is 4.38. The molecule has 0 radical (unpaired) electrons. The van der Waals surface area contributed by atoms with Crippen LogP contribution in [-0.4, -0.2) is 19.4 Å². The molecule has 3 heteroatoms. The van der Waals surface area contributed by atoms with Crippen molar-refractivity contribution in [3.8, 4) is 12.3 Å². The van der Waals surface area contributed by atoms with Crippen LogP contribution in [0.2, 0.25) is 0 Å². The minimum Gasteiger partial charge on any atom is -0.360 e. The van der Waals surface area contributed by atoms with Gasteiger partial charge in [0.25, 0.3) is 0 Å². The lowest BCUT2D eigenvalue weighted by atomic mass is 10.1. The predicted octanol–water partition coefficient (Wildman–Crippen LogP) is 2.72. The molecule has 0 bridgehead atoms. The van der Waals surface area contributed by atoms with Gasteiger partial charge in [-0.05, 0) is 25.1 Å². The third kappa shape index (κ3) is 2.84. The zero-order valence-corrected chi connectivity index (χ0v) is 10.1. The largest absolute Gasteiger partial charge is 0.360 e. The minimum absolute atomic E-state index is 0.513. The molecule has 0 aliphatic rings. The summed E-state index contributed by atoms with van der Waals surface area (Å²) in [6.45, 7) is 3.31. The van der Waals surface area contributed by atoms with Crippen LogP contribution in [0.15, 0.2) is 22.7 Å². The molecule has 0 fully saturated rings. The first-order valence-electron chi connectivity index (χ1n) is 4.66. The van der Waals surface area contributed by atoms with Crippen LogP contribution >= 0.6 is 15.9 Å². The summed E-state index contributed by atoms with van der Waals surface area (Å²) in [5, 5.41) is 0. The highest BCUT2D eigenvalue weighted by Gasteiger charge is 2.08. The molecule has 0 aliphatic carbocycles. The molecule has 0 amide bonds. The molecule has 15 heavy (non-hydrogen) atoms. The molecule has 78 valence electrons. The molecule has 1 aromatic rings. The van der Waals surface area contributed by atoms with E-state index in [1.165, 1.54) is 0 Å². The summed E-state index contributed by atoms with van der Waals surface area (Å²) in [7, 11) is 0. The number of terminal acetylenes is 1. The Bertz CT molecular complexity index is 395. The molecule has 0 saturated carbocycles. The van der Waals surface area contributed by atoms with Gasteiger partial charge in [-0.3, -0.25) is 4.79 Å². The van der Waals surface area contributed by atoms with Crippen molar-refractivity contribution in [3.05, 3.63) is 28.2 Å². The monoisotopic (exact) mass is 265 g/mol. The first-order valence-corrected chi connectivity index (χ1v) is 5.45. The van der Waals surface area contributed by atoms with E-state index in [0.29, 0.717) is 12.1 Å². The zero-order valence-electron chi connectivity index (χ0n) is 8.53. The average molecular weight is 266 g/mol. The molecule has 0 N–H and O–H groups in total. The maximum Gasteiger partial charge on any atom is 0.152 e. The van der Waals surface area contributed by atoms with Crippen LogP contribution in [-0.2, 0) is 0 Å². The molecule has 1 rings (SSSR count). The number of halogens is 1. The van der Waals surface area contributed by atoms with Gasteiger partial charge in [-0.1, -0.05) is 21.9 Å². The lowest BCUT2D eigenvalue weighted by Gasteiger charge is -2.21. The normalized spacial score (nSPS) is 9.40. The molecule has 0 aromatic heterocycles. The number of aldehydes is 1. The van der Waals surface area contributed by atoms with Crippen LogP contribution in [0.1, 0.15) is 17.3 Å². The molecule has 0 spiro atoms. The fraction of sp³-hybridized carbons (Fsp3) is 0.250. The summed E-state index contributed by atoms with van der Waals surface area (Å²) in [4.78, 5) is 12.9. The van der Waals surface area contributed by atoms with Gasteiger partial charge in [0.1, 0.15) is 0 Å². The molecular formula is C12H12BrNO. The Hall–Kier alpha value is -1.27. The Balaban J connectivity index is 3.11. The van der Waals surface area contributed by atoms with E-state index in [9.17, 15) is 4.79 Å². The summed E-state index contributed by atoms with van der Waals surface area (Å²) in [5.74, 6) is 2.58. The van der Waals surface area contributed by atoms with E-state index in [4.69, 9.17) is 6.42 Å². The summed E-state index contributed by atoms with van der Waals surface area (Å²) >= 11 is 3.33. The maximum atomic E-state index is 10.9. The van der Waals surface area contributed by atoms with Crippen molar-refractivity contribution in [2.75, 3.05) is 18.0 Å². The summed E-state index contributed by atoms with van der Waals surface area (Å²) in [5.41, 5.74) is 1.54. The van der Waals surface area contributed by atoms with Gasteiger partial charge in [-0.15, -0.1) is 6.42 Å². The minimum atomic E-state index is 0.513. The van der Waals surface area contributed by atoms with E-state index in [1.54, 1.807) is 6.07 Å². The standard InChI is InChI=1S/C12H12BrNO/c1-3-7-14(4-2)12-6-5-11(13)8-10(12)9-15/h1,5-6,8-9H,4,7H2,2H3. The highest BCUT2D eigenvalue weighted by molar-refractivity contribution is 9.10. The van der Waals surface area contributed by atoms with Gasteiger partial charge in [0.05, 0.1) is 6.54 Å². The second-order valence-electron chi connectivity index (χ2n) is 3.04. The molecule has 0 unspecified atom stereocenters. The van der Waals surface area contributed by atoms with Crippen LogP contribution < -0.4 is 4.90 Å². The van der Waals surface area contributed by atoms with Crippen LogP contribution in [0.4, 0.5) is 5.69 Å². The fourth-order valence-corrected chi connectivity index (χ4v) is 1.76. The zero-order chi connectivity index (χ0) is 11.3. The number of anilines is 1. The number of nitrogens with zero attached hydrogens (tertiary/aromatic N) is 1. The second-order valence-corrected chi connectivity index (χ2v) is 3.95. The Labute approximate surface area is 98.4 Å². The number of benzene rings is 1.